The highest BCUT2D eigenvalue weighted by Gasteiger charge is 2.11. The maximum absolute atomic E-state index is 10.3. The number of aliphatic hydroxyl groups is 1. The van der Waals surface area contributed by atoms with Crippen molar-refractivity contribution < 1.29 is 5.11 Å². The van der Waals surface area contributed by atoms with E-state index in [9.17, 15) is 5.11 Å². The average Bonchev–Trinajstić information content (AvgIpc) is 2.26. The van der Waals surface area contributed by atoms with Gasteiger partial charge in [-0.2, -0.15) is 0 Å². The third-order valence-electron chi connectivity index (χ3n) is 2.63. The quantitative estimate of drug-likeness (QED) is 0.825. The minimum absolute atomic E-state index is 0.394. The molecule has 3 heteroatoms. The first-order chi connectivity index (χ1) is 8.06. The lowest BCUT2D eigenvalue weighted by Gasteiger charge is -2.13. The van der Waals surface area contributed by atoms with E-state index in [-0.39, 0.29) is 0 Å². The fourth-order valence-electron chi connectivity index (χ4n) is 1.95. The van der Waals surface area contributed by atoms with Gasteiger partial charge in [-0.25, -0.2) is 4.98 Å². The summed E-state index contributed by atoms with van der Waals surface area (Å²) in [4.78, 5) is 3.91. The summed E-state index contributed by atoms with van der Waals surface area (Å²) >= 11 is 5.82. The van der Waals surface area contributed by atoms with Gasteiger partial charge in [-0.1, -0.05) is 40.9 Å². The Morgan fingerprint density at radius 3 is 2.29 bits per heavy atom. The van der Waals surface area contributed by atoms with Crippen molar-refractivity contribution in [2.45, 2.75) is 20.0 Å². The molecule has 2 aromatic rings. The van der Waals surface area contributed by atoms with Gasteiger partial charge in [-0.3, -0.25) is 0 Å². The van der Waals surface area contributed by atoms with Crippen LogP contribution in [0.25, 0.3) is 0 Å². The molecule has 88 valence electrons. The molecule has 17 heavy (non-hydrogen) atoms. The molecule has 0 amide bonds. The molecule has 0 saturated carbocycles. The van der Waals surface area contributed by atoms with Gasteiger partial charge in [0.25, 0.3) is 0 Å². The molecule has 1 atom stereocenters. The summed E-state index contributed by atoms with van der Waals surface area (Å²) in [6, 6.07) is 9.49. The summed E-state index contributed by atoms with van der Waals surface area (Å²) < 4.78 is 0. The van der Waals surface area contributed by atoms with E-state index in [2.05, 4.69) is 11.1 Å². The third kappa shape index (κ3) is 2.84. The molecule has 1 heterocycles. The molecule has 1 unspecified atom stereocenters. The Kier molecular flexibility index (Phi) is 3.46. The van der Waals surface area contributed by atoms with Gasteiger partial charge in [0, 0.05) is 6.20 Å². The highest BCUT2D eigenvalue weighted by molar-refractivity contribution is 6.29. The highest BCUT2D eigenvalue weighted by Crippen LogP contribution is 2.24. The van der Waals surface area contributed by atoms with E-state index in [1.807, 2.05) is 26.0 Å². The first-order valence-electron chi connectivity index (χ1n) is 5.44. The summed E-state index contributed by atoms with van der Waals surface area (Å²) in [6.07, 6.45) is 0.942. The number of aromatic nitrogens is 1. The van der Waals surface area contributed by atoms with Crippen molar-refractivity contribution in [1.82, 2.24) is 4.98 Å². The van der Waals surface area contributed by atoms with Crippen LogP contribution >= 0.6 is 11.6 Å². The molecule has 2 rings (SSSR count). The smallest absolute Gasteiger partial charge is 0.129 e. The Labute approximate surface area is 106 Å². The average molecular weight is 248 g/mol. The fraction of sp³-hybridized carbons (Fsp3) is 0.214. The second kappa shape index (κ2) is 4.86. The molecule has 0 aliphatic rings. The first-order valence-corrected chi connectivity index (χ1v) is 5.82. The summed E-state index contributed by atoms with van der Waals surface area (Å²) in [5.74, 6) is 0. The lowest BCUT2D eigenvalue weighted by atomic mass is 9.99. The Bertz CT molecular complexity index is 519. The van der Waals surface area contributed by atoms with E-state index in [1.165, 1.54) is 0 Å². The number of hydrogen-bond donors (Lipinski definition) is 1. The molecule has 1 N–H and O–H groups in total. The van der Waals surface area contributed by atoms with Gasteiger partial charge in [0.15, 0.2) is 0 Å². The number of aryl methyl sites for hydroxylation is 2. The molecular formula is C14H14ClNO. The molecule has 0 saturated heterocycles. The molecule has 0 aliphatic carbocycles. The lowest BCUT2D eigenvalue weighted by molar-refractivity contribution is 0.220. The molecule has 0 aliphatic heterocycles. The van der Waals surface area contributed by atoms with Crippen molar-refractivity contribution >= 4 is 11.6 Å². The van der Waals surface area contributed by atoms with E-state index in [0.29, 0.717) is 5.15 Å². The Balaban J connectivity index is 2.39. The van der Waals surface area contributed by atoms with Crippen molar-refractivity contribution in [3.63, 3.8) is 0 Å². The second-order valence-corrected chi connectivity index (χ2v) is 4.62. The van der Waals surface area contributed by atoms with E-state index >= 15 is 0 Å². The van der Waals surface area contributed by atoms with Crippen molar-refractivity contribution in [2.24, 2.45) is 0 Å². The largest absolute Gasteiger partial charge is 0.384 e. The van der Waals surface area contributed by atoms with Gasteiger partial charge >= 0.3 is 0 Å². The van der Waals surface area contributed by atoms with Gasteiger partial charge < -0.3 is 5.11 Å². The van der Waals surface area contributed by atoms with Crippen LogP contribution in [0.15, 0.2) is 36.5 Å². The number of benzene rings is 1. The van der Waals surface area contributed by atoms with Crippen molar-refractivity contribution in [3.8, 4) is 0 Å². The maximum Gasteiger partial charge on any atom is 0.129 e. The van der Waals surface area contributed by atoms with Gasteiger partial charge in [-0.05, 0) is 37.1 Å². The number of nitrogens with zero attached hydrogens (tertiary/aromatic N) is 1. The molecule has 1 aromatic heterocycles. The third-order valence-corrected chi connectivity index (χ3v) is 2.83. The lowest BCUT2D eigenvalue weighted by Crippen LogP contribution is -2.01. The number of hydrogen-bond acceptors (Lipinski definition) is 2. The first kappa shape index (κ1) is 12.1. The zero-order chi connectivity index (χ0) is 12.4. The molecule has 0 fully saturated rings. The van der Waals surface area contributed by atoms with Gasteiger partial charge in [-0.15, -0.1) is 0 Å². The number of halogens is 1. The van der Waals surface area contributed by atoms with Gasteiger partial charge in [0.05, 0.1) is 0 Å². The van der Waals surface area contributed by atoms with Crippen LogP contribution in [-0.2, 0) is 0 Å². The van der Waals surface area contributed by atoms with Crippen LogP contribution in [-0.4, -0.2) is 10.1 Å². The topological polar surface area (TPSA) is 33.1 Å². The minimum Gasteiger partial charge on any atom is -0.384 e. The summed E-state index contributed by atoms with van der Waals surface area (Å²) in [6.45, 7) is 4.03. The summed E-state index contributed by atoms with van der Waals surface area (Å²) in [5.41, 5.74) is 3.91. The van der Waals surface area contributed by atoms with E-state index in [4.69, 9.17) is 11.6 Å². The molecule has 1 aromatic carbocycles. The van der Waals surface area contributed by atoms with Crippen LogP contribution in [0.2, 0.25) is 5.15 Å². The zero-order valence-electron chi connectivity index (χ0n) is 9.81. The fourth-order valence-corrected chi connectivity index (χ4v) is 2.13. The second-order valence-electron chi connectivity index (χ2n) is 4.24. The Morgan fingerprint density at radius 2 is 1.71 bits per heavy atom. The van der Waals surface area contributed by atoms with E-state index in [0.717, 1.165) is 22.3 Å². The molecule has 0 radical (unpaired) electrons. The van der Waals surface area contributed by atoms with Crippen LogP contribution in [0.3, 0.4) is 0 Å². The van der Waals surface area contributed by atoms with Crippen LogP contribution in [0.4, 0.5) is 0 Å². The SMILES string of the molecule is Cc1cc(C)cc(C(O)c2ccnc(Cl)c2)c1. The summed E-state index contributed by atoms with van der Waals surface area (Å²) in [7, 11) is 0. The molecular weight excluding hydrogens is 234 g/mol. The number of pyridine rings is 1. The van der Waals surface area contributed by atoms with Crippen LogP contribution in [0, 0.1) is 13.8 Å². The van der Waals surface area contributed by atoms with Gasteiger partial charge in [0.1, 0.15) is 11.3 Å². The van der Waals surface area contributed by atoms with Crippen LogP contribution in [0.5, 0.6) is 0 Å². The highest BCUT2D eigenvalue weighted by atomic mass is 35.5. The predicted molar refractivity (Wildman–Crippen MR) is 69.2 cm³/mol. The number of aliphatic hydroxyl groups excluding tert-OH is 1. The molecule has 0 bridgehead atoms. The monoisotopic (exact) mass is 247 g/mol. The van der Waals surface area contributed by atoms with E-state index in [1.54, 1.807) is 18.3 Å². The van der Waals surface area contributed by atoms with Crippen molar-refractivity contribution in [3.05, 3.63) is 63.9 Å². The predicted octanol–water partition coefficient (Wildman–Crippen LogP) is 3.43. The van der Waals surface area contributed by atoms with Crippen LogP contribution in [0.1, 0.15) is 28.4 Å². The van der Waals surface area contributed by atoms with Crippen molar-refractivity contribution in [1.29, 1.82) is 0 Å². The maximum atomic E-state index is 10.3. The minimum atomic E-state index is -0.658. The van der Waals surface area contributed by atoms with E-state index < -0.39 is 6.10 Å². The Morgan fingerprint density at radius 1 is 1.06 bits per heavy atom. The van der Waals surface area contributed by atoms with Gasteiger partial charge in [0.2, 0.25) is 0 Å². The molecule has 2 nitrogen and oxygen atoms in total. The standard InChI is InChI=1S/C14H14ClNO/c1-9-5-10(2)7-12(6-9)14(17)11-3-4-16-13(15)8-11/h3-8,14,17H,1-2H3. The van der Waals surface area contributed by atoms with Crippen LogP contribution < -0.4 is 0 Å². The molecule has 0 spiro atoms. The zero-order valence-corrected chi connectivity index (χ0v) is 10.6. The van der Waals surface area contributed by atoms with Crippen molar-refractivity contribution in [2.75, 3.05) is 0 Å². The number of rotatable bonds is 2. The Hall–Kier alpha value is -1.38. The normalized spacial score (nSPS) is 12.5. The summed E-state index contributed by atoms with van der Waals surface area (Å²) in [5, 5.41) is 10.7.